The molecule has 0 aliphatic rings. The maximum atomic E-state index is 13.6. The monoisotopic (exact) mass is 285 g/mol. The fraction of sp³-hybridized carbons (Fsp3) is 0.368. The van der Waals surface area contributed by atoms with Crippen molar-refractivity contribution in [1.82, 2.24) is 5.32 Å². The molecule has 112 valence electrons. The average molecular weight is 285 g/mol. The van der Waals surface area contributed by atoms with E-state index in [1.54, 1.807) is 12.1 Å². The van der Waals surface area contributed by atoms with Crippen molar-refractivity contribution in [3.05, 3.63) is 69.0 Å². The Hall–Kier alpha value is -1.67. The van der Waals surface area contributed by atoms with Crippen molar-refractivity contribution in [3.63, 3.8) is 0 Å². The van der Waals surface area contributed by atoms with Gasteiger partial charge < -0.3 is 5.32 Å². The first-order chi connectivity index (χ1) is 9.88. The molecule has 0 radical (unpaired) electrons. The van der Waals surface area contributed by atoms with Crippen molar-refractivity contribution in [3.8, 4) is 0 Å². The summed E-state index contributed by atoms with van der Waals surface area (Å²) in [5.41, 5.74) is 8.81. The number of benzene rings is 2. The fourth-order valence-electron chi connectivity index (χ4n) is 3.13. The highest BCUT2D eigenvalue weighted by Crippen LogP contribution is 2.33. The third kappa shape index (κ3) is 2.73. The van der Waals surface area contributed by atoms with Crippen LogP contribution in [0.1, 0.15) is 45.0 Å². The molecule has 0 aromatic heterocycles. The topological polar surface area (TPSA) is 12.0 Å². The molecule has 2 rings (SSSR count). The van der Waals surface area contributed by atoms with E-state index < -0.39 is 0 Å². The van der Waals surface area contributed by atoms with Gasteiger partial charge in [-0.15, -0.1) is 0 Å². The van der Waals surface area contributed by atoms with Crippen LogP contribution in [-0.4, -0.2) is 7.05 Å². The Morgan fingerprint density at radius 2 is 1.38 bits per heavy atom. The third-order valence-electron chi connectivity index (χ3n) is 4.82. The Morgan fingerprint density at radius 3 is 1.86 bits per heavy atom. The predicted octanol–water partition coefficient (Wildman–Crippen LogP) is 4.68. The highest BCUT2D eigenvalue weighted by Gasteiger charge is 2.20. The van der Waals surface area contributed by atoms with Crippen molar-refractivity contribution in [2.75, 3.05) is 7.05 Å². The average Bonchev–Trinajstić information content (AvgIpc) is 2.47. The summed E-state index contributed by atoms with van der Waals surface area (Å²) < 4.78 is 13.6. The molecule has 1 N–H and O–H groups in total. The molecule has 0 aliphatic carbocycles. The van der Waals surface area contributed by atoms with E-state index in [1.165, 1.54) is 39.4 Å². The fourth-order valence-corrected chi connectivity index (χ4v) is 3.13. The Kier molecular flexibility index (Phi) is 4.48. The van der Waals surface area contributed by atoms with Crippen molar-refractivity contribution >= 4 is 0 Å². The Labute approximate surface area is 127 Å². The summed E-state index contributed by atoms with van der Waals surface area (Å²) in [5, 5.41) is 3.35. The van der Waals surface area contributed by atoms with Gasteiger partial charge in [0.25, 0.3) is 0 Å². The van der Waals surface area contributed by atoms with Crippen molar-refractivity contribution < 1.29 is 4.39 Å². The molecule has 0 saturated heterocycles. The van der Waals surface area contributed by atoms with Crippen LogP contribution in [0.3, 0.4) is 0 Å². The van der Waals surface area contributed by atoms with Gasteiger partial charge in [-0.3, -0.25) is 0 Å². The first-order valence-electron chi connectivity index (χ1n) is 7.38. The Bertz CT molecular complexity index is 645. The van der Waals surface area contributed by atoms with E-state index in [4.69, 9.17) is 0 Å². The van der Waals surface area contributed by atoms with Gasteiger partial charge in [-0.1, -0.05) is 12.1 Å². The molecule has 0 heterocycles. The van der Waals surface area contributed by atoms with Gasteiger partial charge in [-0.05, 0) is 92.7 Å². The third-order valence-corrected chi connectivity index (χ3v) is 4.82. The van der Waals surface area contributed by atoms with Crippen LogP contribution in [-0.2, 0) is 0 Å². The van der Waals surface area contributed by atoms with Gasteiger partial charge in [0.2, 0.25) is 0 Å². The lowest BCUT2D eigenvalue weighted by atomic mass is 9.84. The zero-order valence-electron chi connectivity index (χ0n) is 13.8. The van der Waals surface area contributed by atoms with E-state index >= 15 is 0 Å². The second kappa shape index (κ2) is 5.98. The van der Waals surface area contributed by atoms with Gasteiger partial charge in [0.15, 0.2) is 0 Å². The molecule has 1 nitrogen and oxygen atoms in total. The van der Waals surface area contributed by atoms with Gasteiger partial charge in [0, 0.05) is 0 Å². The quantitative estimate of drug-likeness (QED) is 0.863. The minimum atomic E-state index is -0.191. The van der Waals surface area contributed by atoms with Gasteiger partial charge in [0.1, 0.15) is 5.82 Å². The zero-order valence-corrected chi connectivity index (χ0v) is 13.8. The molecule has 1 unspecified atom stereocenters. The van der Waals surface area contributed by atoms with E-state index in [9.17, 15) is 4.39 Å². The van der Waals surface area contributed by atoms with Crippen molar-refractivity contribution in [2.45, 2.75) is 40.7 Å². The van der Waals surface area contributed by atoms with Crippen LogP contribution in [0.25, 0.3) is 0 Å². The van der Waals surface area contributed by atoms with E-state index in [0.717, 1.165) is 5.56 Å². The molecule has 2 aromatic rings. The lowest BCUT2D eigenvalue weighted by Gasteiger charge is -2.26. The lowest BCUT2D eigenvalue weighted by Crippen LogP contribution is -2.21. The molecule has 21 heavy (non-hydrogen) atoms. The lowest BCUT2D eigenvalue weighted by molar-refractivity contribution is 0.615. The number of nitrogens with one attached hydrogen (secondary N) is 1. The molecule has 0 saturated carbocycles. The van der Waals surface area contributed by atoms with Crippen LogP contribution in [0.5, 0.6) is 0 Å². The van der Waals surface area contributed by atoms with Crippen LogP contribution < -0.4 is 5.32 Å². The van der Waals surface area contributed by atoms with Crippen molar-refractivity contribution in [2.24, 2.45) is 0 Å². The molecular weight excluding hydrogens is 261 g/mol. The molecule has 0 amide bonds. The normalized spacial score (nSPS) is 12.5. The molecule has 0 aliphatic heterocycles. The highest BCUT2D eigenvalue weighted by molar-refractivity contribution is 5.52. The number of hydrogen-bond donors (Lipinski definition) is 1. The number of halogens is 1. The minimum absolute atomic E-state index is 0.0127. The van der Waals surface area contributed by atoms with E-state index in [-0.39, 0.29) is 11.9 Å². The largest absolute Gasteiger partial charge is 0.309 e. The van der Waals surface area contributed by atoms with Gasteiger partial charge in [-0.25, -0.2) is 4.39 Å². The Balaban J connectivity index is 2.69. The van der Waals surface area contributed by atoms with E-state index in [1.807, 2.05) is 13.1 Å². The van der Waals surface area contributed by atoms with Crippen LogP contribution >= 0.6 is 0 Å². The van der Waals surface area contributed by atoms with Gasteiger partial charge in [0.05, 0.1) is 6.04 Å². The summed E-state index contributed by atoms with van der Waals surface area (Å²) in [4.78, 5) is 0. The number of hydrogen-bond acceptors (Lipinski definition) is 1. The first-order valence-corrected chi connectivity index (χ1v) is 7.38. The van der Waals surface area contributed by atoms with Crippen LogP contribution in [0.4, 0.5) is 4.39 Å². The molecule has 0 bridgehead atoms. The predicted molar refractivity (Wildman–Crippen MR) is 87.4 cm³/mol. The highest BCUT2D eigenvalue weighted by atomic mass is 19.1. The zero-order chi connectivity index (χ0) is 15.7. The molecule has 2 aromatic carbocycles. The summed E-state index contributed by atoms with van der Waals surface area (Å²) in [6, 6.07) is 6.87. The summed E-state index contributed by atoms with van der Waals surface area (Å²) in [5.74, 6) is -0.191. The van der Waals surface area contributed by atoms with E-state index in [2.05, 4.69) is 39.9 Å². The molecule has 0 fully saturated rings. The van der Waals surface area contributed by atoms with Crippen molar-refractivity contribution in [1.29, 1.82) is 0 Å². The van der Waals surface area contributed by atoms with Crippen LogP contribution in [0.15, 0.2) is 24.3 Å². The second-order valence-corrected chi connectivity index (χ2v) is 5.82. The number of rotatable bonds is 3. The van der Waals surface area contributed by atoms with Gasteiger partial charge >= 0.3 is 0 Å². The SMILES string of the molecule is CNC(c1cccc(F)c1)c1c(C)c(C)c(C)c(C)c1C. The van der Waals surface area contributed by atoms with Crippen LogP contribution in [0.2, 0.25) is 0 Å². The maximum Gasteiger partial charge on any atom is 0.123 e. The second-order valence-electron chi connectivity index (χ2n) is 5.82. The molecular formula is C19H24FN. The minimum Gasteiger partial charge on any atom is -0.309 e. The maximum absolute atomic E-state index is 13.6. The van der Waals surface area contributed by atoms with Gasteiger partial charge in [-0.2, -0.15) is 0 Å². The molecule has 1 atom stereocenters. The van der Waals surface area contributed by atoms with E-state index in [0.29, 0.717) is 0 Å². The summed E-state index contributed by atoms with van der Waals surface area (Å²) in [6.45, 7) is 10.8. The Morgan fingerprint density at radius 1 is 0.857 bits per heavy atom. The summed E-state index contributed by atoms with van der Waals surface area (Å²) in [6.07, 6.45) is 0. The molecule has 0 spiro atoms. The standard InChI is InChI=1S/C19H24FN/c1-11-12(2)14(4)18(15(5)13(11)3)19(21-6)16-8-7-9-17(20)10-16/h7-10,19,21H,1-6H3. The molecule has 2 heteroatoms. The smallest absolute Gasteiger partial charge is 0.123 e. The first kappa shape index (κ1) is 15.7. The van der Waals surface area contributed by atoms with Crippen LogP contribution in [0, 0.1) is 40.4 Å². The summed E-state index contributed by atoms with van der Waals surface area (Å²) >= 11 is 0. The summed E-state index contributed by atoms with van der Waals surface area (Å²) in [7, 11) is 1.93.